The number of hydrogen-bond acceptors (Lipinski definition) is 2. The van der Waals surface area contributed by atoms with Gasteiger partial charge in [-0.05, 0) is 18.1 Å². The van der Waals surface area contributed by atoms with Crippen LogP contribution in [0.25, 0.3) is 0 Å². The highest BCUT2D eigenvalue weighted by Crippen LogP contribution is 2.20. The van der Waals surface area contributed by atoms with Gasteiger partial charge in [-0.25, -0.2) is 0 Å². The highest BCUT2D eigenvalue weighted by molar-refractivity contribution is 5.78. The largest absolute Gasteiger partial charge is 0.377 e. The van der Waals surface area contributed by atoms with Crippen molar-refractivity contribution in [2.24, 2.45) is 5.92 Å². The van der Waals surface area contributed by atoms with Gasteiger partial charge in [0.25, 0.3) is 0 Å². The van der Waals surface area contributed by atoms with Crippen molar-refractivity contribution in [2.45, 2.75) is 26.5 Å². The average molecular weight is 259 g/mol. The molecule has 0 N–H and O–H groups in total. The first-order chi connectivity index (χ1) is 9.22. The Labute approximate surface area is 114 Å². The van der Waals surface area contributed by atoms with Crippen molar-refractivity contribution in [3.05, 3.63) is 48.0 Å². The molecule has 1 saturated heterocycles. The van der Waals surface area contributed by atoms with Gasteiger partial charge in [-0.1, -0.05) is 30.3 Å². The van der Waals surface area contributed by atoms with E-state index in [-0.39, 0.29) is 5.91 Å². The number of nitrogens with zero attached hydrogens (tertiary/aromatic N) is 1. The molecular formula is C16H21NO2. The number of carbonyl (C=O) groups is 1. The molecule has 1 unspecified atom stereocenters. The van der Waals surface area contributed by atoms with Gasteiger partial charge < -0.3 is 9.64 Å². The monoisotopic (exact) mass is 259 g/mol. The molecule has 102 valence electrons. The van der Waals surface area contributed by atoms with E-state index in [1.54, 1.807) is 0 Å². The predicted octanol–water partition coefficient (Wildman–Crippen LogP) is 2.76. The molecule has 1 amide bonds. The van der Waals surface area contributed by atoms with Crippen LogP contribution in [0.4, 0.5) is 0 Å². The van der Waals surface area contributed by atoms with Crippen molar-refractivity contribution < 1.29 is 9.53 Å². The van der Waals surface area contributed by atoms with Crippen LogP contribution >= 0.6 is 0 Å². The minimum absolute atomic E-state index is 0.225. The SMILES string of the molecule is C=CC1CC(=O)N(Cc2ccc(COCC)cc2)C1. The lowest BCUT2D eigenvalue weighted by Gasteiger charge is -2.16. The van der Waals surface area contributed by atoms with Gasteiger partial charge in [0.1, 0.15) is 0 Å². The maximum atomic E-state index is 11.8. The van der Waals surface area contributed by atoms with Crippen LogP contribution in [-0.4, -0.2) is 24.0 Å². The summed E-state index contributed by atoms with van der Waals surface area (Å²) in [6.45, 7) is 8.62. The Bertz CT molecular complexity index is 439. The van der Waals surface area contributed by atoms with Crippen LogP contribution in [0.15, 0.2) is 36.9 Å². The third-order valence-corrected chi connectivity index (χ3v) is 3.45. The van der Waals surface area contributed by atoms with E-state index in [1.807, 2.05) is 17.9 Å². The lowest BCUT2D eigenvalue weighted by atomic mass is 10.1. The van der Waals surface area contributed by atoms with E-state index >= 15 is 0 Å². The number of hydrogen-bond donors (Lipinski definition) is 0. The first-order valence-corrected chi connectivity index (χ1v) is 6.78. The summed E-state index contributed by atoms with van der Waals surface area (Å²) in [6.07, 6.45) is 2.48. The van der Waals surface area contributed by atoms with Crippen LogP contribution in [0.5, 0.6) is 0 Å². The molecule has 0 aliphatic carbocycles. The molecule has 0 aromatic heterocycles. The zero-order valence-electron chi connectivity index (χ0n) is 11.5. The van der Waals surface area contributed by atoms with Crippen molar-refractivity contribution in [2.75, 3.05) is 13.2 Å². The standard InChI is InChI=1S/C16H21NO2/c1-3-13-9-16(18)17(10-13)11-14-5-7-15(8-6-14)12-19-4-2/h3,5-8,13H,1,4,9-12H2,2H3. The van der Waals surface area contributed by atoms with Crippen LogP contribution in [0, 0.1) is 5.92 Å². The van der Waals surface area contributed by atoms with Gasteiger partial charge in [-0.15, -0.1) is 6.58 Å². The second kappa shape index (κ2) is 6.53. The molecule has 0 spiro atoms. The smallest absolute Gasteiger partial charge is 0.223 e. The molecule has 1 aliphatic heterocycles. The molecule has 1 aromatic rings. The minimum Gasteiger partial charge on any atom is -0.377 e. The lowest BCUT2D eigenvalue weighted by Crippen LogP contribution is -2.24. The van der Waals surface area contributed by atoms with Crippen molar-refractivity contribution in [1.82, 2.24) is 4.90 Å². The van der Waals surface area contributed by atoms with Gasteiger partial charge in [0.2, 0.25) is 5.91 Å². The summed E-state index contributed by atoms with van der Waals surface area (Å²) in [6, 6.07) is 8.28. The first-order valence-electron chi connectivity index (χ1n) is 6.78. The molecule has 1 aliphatic rings. The van der Waals surface area contributed by atoms with Gasteiger partial charge >= 0.3 is 0 Å². The summed E-state index contributed by atoms with van der Waals surface area (Å²) in [5.41, 5.74) is 2.33. The van der Waals surface area contributed by atoms with Crippen molar-refractivity contribution in [3.8, 4) is 0 Å². The highest BCUT2D eigenvalue weighted by Gasteiger charge is 2.27. The Morgan fingerprint density at radius 2 is 2.05 bits per heavy atom. The normalized spacial score (nSPS) is 18.9. The summed E-state index contributed by atoms with van der Waals surface area (Å²) in [7, 11) is 0. The van der Waals surface area contributed by atoms with Gasteiger partial charge in [0.05, 0.1) is 6.61 Å². The summed E-state index contributed by atoms with van der Waals surface area (Å²) in [5.74, 6) is 0.535. The molecule has 1 atom stereocenters. The summed E-state index contributed by atoms with van der Waals surface area (Å²) in [4.78, 5) is 13.7. The average Bonchev–Trinajstić information content (AvgIpc) is 2.79. The second-order valence-corrected chi connectivity index (χ2v) is 4.93. The fraction of sp³-hybridized carbons (Fsp3) is 0.438. The number of amides is 1. The van der Waals surface area contributed by atoms with Crippen molar-refractivity contribution >= 4 is 5.91 Å². The van der Waals surface area contributed by atoms with Crippen molar-refractivity contribution in [1.29, 1.82) is 0 Å². The number of rotatable bonds is 6. The van der Waals surface area contributed by atoms with Gasteiger partial charge in [0, 0.05) is 32.0 Å². The predicted molar refractivity (Wildman–Crippen MR) is 75.5 cm³/mol. The molecule has 0 bridgehead atoms. The van der Waals surface area contributed by atoms with Gasteiger partial charge in [-0.2, -0.15) is 0 Å². The number of benzene rings is 1. The quantitative estimate of drug-likeness (QED) is 0.735. The Morgan fingerprint density at radius 3 is 2.63 bits per heavy atom. The van der Waals surface area contributed by atoms with Gasteiger partial charge in [-0.3, -0.25) is 4.79 Å². The third-order valence-electron chi connectivity index (χ3n) is 3.45. The molecule has 0 saturated carbocycles. The van der Waals surface area contributed by atoms with Crippen molar-refractivity contribution in [3.63, 3.8) is 0 Å². The molecule has 1 fully saturated rings. The van der Waals surface area contributed by atoms with E-state index in [0.29, 0.717) is 25.5 Å². The number of likely N-dealkylation sites (tertiary alicyclic amines) is 1. The zero-order chi connectivity index (χ0) is 13.7. The molecule has 0 radical (unpaired) electrons. The third kappa shape index (κ3) is 3.67. The van der Waals surface area contributed by atoms with E-state index in [2.05, 4.69) is 30.8 Å². The zero-order valence-corrected chi connectivity index (χ0v) is 11.5. The Balaban J connectivity index is 1.92. The molecule has 3 nitrogen and oxygen atoms in total. The van der Waals surface area contributed by atoms with Crippen LogP contribution in [0.3, 0.4) is 0 Å². The summed E-state index contributed by atoms with van der Waals surface area (Å²) < 4.78 is 5.36. The van der Waals surface area contributed by atoms with Gasteiger partial charge in [0.15, 0.2) is 0 Å². The Kier molecular flexibility index (Phi) is 4.74. The Morgan fingerprint density at radius 1 is 1.37 bits per heavy atom. The van der Waals surface area contributed by atoms with Crippen LogP contribution < -0.4 is 0 Å². The second-order valence-electron chi connectivity index (χ2n) is 4.93. The topological polar surface area (TPSA) is 29.5 Å². The molecule has 3 heteroatoms. The first kappa shape index (κ1) is 13.8. The fourth-order valence-electron chi connectivity index (χ4n) is 2.29. The van der Waals surface area contributed by atoms with Crippen LogP contribution in [0.1, 0.15) is 24.5 Å². The molecule has 1 heterocycles. The van der Waals surface area contributed by atoms with E-state index in [9.17, 15) is 4.79 Å². The minimum atomic E-state index is 0.225. The summed E-state index contributed by atoms with van der Waals surface area (Å²) in [5, 5.41) is 0. The Hall–Kier alpha value is -1.61. The molecular weight excluding hydrogens is 238 g/mol. The highest BCUT2D eigenvalue weighted by atomic mass is 16.5. The van der Waals surface area contributed by atoms with Crippen LogP contribution in [-0.2, 0) is 22.7 Å². The number of ether oxygens (including phenoxy) is 1. The maximum absolute atomic E-state index is 11.8. The fourth-order valence-corrected chi connectivity index (χ4v) is 2.29. The van der Waals surface area contributed by atoms with E-state index < -0.39 is 0 Å². The van der Waals surface area contributed by atoms with E-state index in [0.717, 1.165) is 13.2 Å². The van der Waals surface area contributed by atoms with Crippen LogP contribution in [0.2, 0.25) is 0 Å². The summed E-state index contributed by atoms with van der Waals surface area (Å²) >= 11 is 0. The molecule has 2 rings (SSSR count). The van der Waals surface area contributed by atoms with E-state index in [1.165, 1.54) is 11.1 Å². The molecule has 1 aromatic carbocycles. The lowest BCUT2D eigenvalue weighted by molar-refractivity contribution is -0.128. The maximum Gasteiger partial charge on any atom is 0.223 e. The molecule has 19 heavy (non-hydrogen) atoms. The van der Waals surface area contributed by atoms with E-state index in [4.69, 9.17) is 4.74 Å². The number of carbonyl (C=O) groups excluding carboxylic acids is 1.